The van der Waals surface area contributed by atoms with Crippen LogP contribution in [-0.4, -0.2) is 47.7 Å². The maximum atomic E-state index is 13.4. The lowest BCUT2D eigenvalue weighted by Crippen LogP contribution is -2.72. The van der Waals surface area contributed by atoms with Crippen molar-refractivity contribution in [1.82, 2.24) is 5.32 Å². The minimum atomic E-state index is -7.94. The minimum absolute atomic E-state index is 0.0779. The van der Waals surface area contributed by atoms with Crippen molar-refractivity contribution in [3.05, 3.63) is 0 Å². The Kier molecular flexibility index (Phi) is 5.72. The smallest absolute Gasteiger partial charge is 0.348 e. The number of amides is 1. The van der Waals surface area contributed by atoms with Crippen molar-refractivity contribution in [1.29, 1.82) is 0 Å². The molecule has 15 heteroatoms. The lowest BCUT2D eigenvalue weighted by atomic mass is 9.91. The van der Waals surface area contributed by atoms with Crippen LogP contribution >= 0.6 is 0 Å². The average Bonchev–Trinajstić information content (AvgIpc) is 2.35. The van der Waals surface area contributed by atoms with E-state index >= 15 is 0 Å². The molecule has 0 spiro atoms. The van der Waals surface area contributed by atoms with Gasteiger partial charge in [0.2, 0.25) is 5.91 Å². The van der Waals surface area contributed by atoms with Crippen molar-refractivity contribution >= 4 is 5.91 Å². The number of carbonyl (C=O) groups is 1. The second kappa shape index (κ2) is 6.07. The van der Waals surface area contributed by atoms with Crippen molar-refractivity contribution < 1.29 is 61.9 Å². The molecule has 25 heavy (non-hydrogen) atoms. The van der Waals surface area contributed by atoms with E-state index in [0.29, 0.717) is 6.92 Å². The summed E-state index contributed by atoms with van der Waals surface area (Å²) in [5, 5.41) is 0.925. The van der Waals surface area contributed by atoms with Gasteiger partial charge >= 0.3 is 35.8 Å². The van der Waals surface area contributed by atoms with Crippen molar-refractivity contribution in [3.8, 4) is 0 Å². The molecule has 0 saturated heterocycles. The van der Waals surface area contributed by atoms with Gasteiger partial charge in [-0.2, -0.15) is 57.1 Å². The zero-order valence-corrected chi connectivity index (χ0v) is 11.9. The van der Waals surface area contributed by atoms with E-state index in [1.807, 2.05) is 0 Å². The van der Waals surface area contributed by atoms with Gasteiger partial charge in [0.05, 0.1) is 6.04 Å². The molecule has 0 bridgehead atoms. The van der Waals surface area contributed by atoms with E-state index in [1.165, 1.54) is 0 Å². The number of hydrogen-bond donors (Lipinski definition) is 1. The van der Waals surface area contributed by atoms with E-state index in [0.717, 1.165) is 5.32 Å². The van der Waals surface area contributed by atoms with E-state index in [4.69, 9.17) is 0 Å². The van der Waals surface area contributed by atoms with Crippen LogP contribution < -0.4 is 5.32 Å². The molecule has 2 nitrogen and oxygen atoms in total. The molecule has 0 radical (unpaired) electrons. The second-order valence-electron chi connectivity index (χ2n) is 4.84. The largest absolute Gasteiger partial charge is 0.460 e. The minimum Gasteiger partial charge on any atom is -0.348 e. The predicted molar refractivity (Wildman–Crippen MR) is 54.1 cm³/mol. The number of rotatable bonds is 6. The Labute approximate surface area is 130 Å². The Hall–Kier alpha value is -1.44. The lowest BCUT2D eigenvalue weighted by Gasteiger charge is -2.41. The lowest BCUT2D eigenvalue weighted by molar-refractivity contribution is -0.441. The van der Waals surface area contributed by atoms with Crippen LogP contribution in [0.15, 0.2) is 0 Å². The summed E-state index contributed by atoms with van der Waals surface area (Å²) >= 11 is 0. The highest BCUT2D eigenvalue weighted by Gasteiger charge is 2.91. The fourth-order valence-corrected chi connectivity index (χ4v) is 1.45. The summed E-state index contributed by atoms with van der Waals surface area (Å²) in [5.74, 6) is -38.8. The maximum Gasteiger partial charge on any atom is 0.460 e. The van der Waals surface area contributed by atoms with Gasteiger partial charge in [-0.05, 0) is 6.92 Å². The Morgan fingerprint density at radius 2 is 1.00 bits per heavy atom. The van der Waals surface area contributed by atoms with Crippen LogP contribution in [0.25, 0.3) is 0 Å². The molecule has 0 aliphatic rings. The van der Waals surface area contributed by atoms with Gasteiger partial charge < -0.3 is 5.32 Å². The van der Waals surface area contributed by atoms with Crippen LogP contribution in [0.1, 0.15) is 13.8 Å². The number of halogens is 13. The number of carbonyl (C=O) groups excluding carboxylic acids is 1. The average molecular weight is 405 g/mol. The summed E-state index contributed by atoms with van der Waals surface area (Å²) in [6.45, 7) is 0.348. The van der Waals surface area contributed by atoms with Crippen LogP contribution in [0.3, 0.4) is 0 Å². The van der Waals surface area contributed by atoms with E-state index in [2.05, 4.69) is 0 Å². The van der Waals surface area contributed by atoms with Crippen LogP contribution in [-0.2, 0) is 4.79 Å². The van der Waals surface area contributed by atoms with E-state index in [1.54, 1.807) is 0 Å². The van der Waals surface area contributed by atoms with Crippen molar-refractivity contribution in [2.24, 2.45) is 0 Å². The fraction of sp³-hybridized carbons (Fsp3) is 0.900. The first-order valence-corrected chi connectivity index (χ1v) is 5.82. The molecule has 0 fully saturated rings. The van der Waals surface area contributed by atoms with Gasteiger partial charge in [-0.25, -0.2) is 0 Å². The molecule has 0 heterocycles. The predicted octanol–water partition coefficient (Wildman–Crippen LogP) is 4.25. The van der Waals surface area contributed by atoms with Gasteiger partial charge in [0.1, 0.15) is 0 Å². The quantitative estimate of drug-likeness (QED) is 0.658. The van der Waals surface area contributed by atoms with Crippen molar-refractivity contribution in [2.45, 2.75) is 55.7 Å². The summed E-state index contributed by atoms with van der Waals surface area (Å²) in [7, 11) is 0. The van der Waals surface area contributed by atoms with Gasteiger partial charge in [-0.1, -0.05) is 0 Å². The van der Waals surface area contributed by atoms with Crippen LogP contribution in [0.5, 0.6) is 0 Å². The van der Waals surface area contributed by atoms with Gasteiger partial charge in [0.25, 0.3) is 0 Å². The summed E-state index contributed by atoms with van der Waals surface area (Å²) < 4.78 is 166. The molecule has 1 N–H and O–H groups in total. The molecule has 150 valence electrons. The third-order valence-electron chi connectivity index (χ3n) is 2.92. The Balaban J connectivity index is 6.25. The number of nitrogens with one attached hydrogen (secondary N) is 1. The highest BCUT2D eigenvalue weighted by atomic mass is 19.4. The molecular weight excluding hydrogens is 397 g/mol. The van der Waals surface area contributed by atoms with E-state index in [9.17, 15) is 61.9 Å². The van der Waals surface area contributed by atoms with Gasteiger partial charge in [0.15, 0.2) is 0 Å². The molecule has 0 aromatic heterocycles. The SMILES string of the molecule is CC(=O)N[C@H](C)C(F)(F)C(F)(F)C(F)(F)C(F)(F)C(F)(F)C(F)(F)F. The van der Waals surface area contributed by atoms with Crippen LogP contribution in [0.4, 0.5) is 57.1 Å². The monoisotopic (exact) mass is 405 g/mol. The van der Waals surface area contributed by atoms with Crippen LogP contribution in [0, 0.1) is 0 Å². The number of alkyl halides is 13. The molecule has 0 aliphatic carbocycles. The van der Waals surface area contributed by atoms with Gasteiger partial charge in [-0.15, -0.1) is 0 Å². The highest BCUT2D eigenvalue weighted by molar-refractivity contribution is 5.73. The summed E-state index contributed by atoms with van der Waals surface area (Å²) in [5.41, 5.74) is 0. The van der Waals surface area contributed by atoms with E-state index < -0.39 is 47.7 Å². The third-order valence-corrected chi connectivity index (χ3v) is 2.92. The maximum absolute atomic E-state index is 13.4. The molecule has 1 atom stereocenters. The first-order chi connectivity index (χ1) is 10.6. The topological polar surface area (TPSA) is 29.1 Å². The summed E-state index contributed by atoms with van der Waals surface area (Å²) in [4.78, 5) is 10.5. The Bertz CT molecular complexity index is 509. The zero-order valence-electron chi connectivity index (χ0n) is 11.9. The van der Waals surface area contributed by atoms with Crippen molar-refractivity contribution in [3.63, 3.8) is 0 Å². The third kappa shape index (κ3) is 3.32. The van der Waals surface area contributed by atoms with E-state index in [-0.39, 0.29) is 6.92 Å². The second-order valence-corrected chi connectivity index (χ2v) is 4.84. The fourth-order valence-electron chi connectivity index (χ4n) is 1.45. The summed E-state index contributed by atoms with van der Waals surface area (Å²) in [6.07, 6.45) is -7.45. The molecule has 0 aromatic carbocycles. The highest BCUT2D eigenvalue weighted by Crippen LogP contribution is 2.60. The molecule has 0 aliphatic heterocycles. The van der Waals surface area contributed by atoms with Gasteiger partial charge in [0, 0.05) is 6.92 Å². The molecule has 0 saturated carbocycles. The molecule has 0 rings (SSSR count). The van der Waals surface area contributed by atoms with Gasteiger partial charge in [-0.3, -0.25) is 4.79 Å². The zero-order chi connectivity index (χ0) is 20.9. The standard InChI is InChI=1S/C10H8F13NO/c1-3(24-4(2)25)5(11,12)6(13,14)7(15,16)8(17,18)9(19,20)10(21,22)23/h3H,1-2H3,(H,24,25)/t3-/m1/s1. The molecule has 1 amide bonds. The number of hydrogen-bond acceptors (Lipinski definition) is 1. The molecule has 0 unspecified atom stereocenters. The Morgan fingerprint density at radius 3 is 1.28 bits per heavy atom. The van der Waals surface area contributed by atoms with Crippen LogP contribution in [0.2, 0.25) is 0 Å². The Morgan fingerprint density at radius 1 is 0.680 bits per heavy atom. The molecular formula is C10H8F13NO. The van der Waals surface area contributed by atoms with Crippen molar-refractivity contribution in [2.75, 3.05) is 0 Å². The first-order valence-electron chi connectivity index (χ1n) is 5.82. The normalized spacial score (nSPS) is 16.6. The first kappa shape index (κ1) is 23.6. The summed E-state index contributed by atoms with van der Waals surface area (Å²) in [6, 6.07) is -3.32. The molecule has 0 aromatic rings.